The first-order valence-electron chi connectivity index (χ1n) is 6.30. The summed E-state index contributed by atoms with van der Waals surface area (Å²) in [6.45, 7) is 4.36. The van der Waals surface area contributed by atoms with E-state index in [0.717, 1.165) is 6.54 Å². The van der Waals surface area contributed by atoms with Gasteiger partial charge in [0.15, 0.2) is 0 Å². The zero-order valence-corrected chi connectivity index (χ0v) is 10.2. The van der Waals surface area contributed by atoms with Crippen LogP contribution in [0.4, 0.5) is 0 Å². The predicted octanol–water partition coefficient (Wildman–Crippen LogP) is 0.622. The van der Waals surface area contributed by atoms with Crippen molar-refractivity contribution in [1.82, 2.24) is 10.2 Å². The first-order valence-corrected chi connectivity index (χ1v) is 6.30. The smallest absolute Gasteiger partial charge is 0.237 e. The highest BCUT2D eigenvalue weighted by Gasteiger charge is 2.48. The summed E-state index contributed by atoms with van der Waals surface area (Å²) in [6.07, 6.45) is 3.72. The highest BCUT2D eigenvalue weighted by Crippen LogP contribution is 2.42. The van der Waals surface area contributed by atoms with Crippen molar-refractivity contribution in [2.45, 2.75) is 38.3 Å². The van der Waals surface area contributed by atoms with Gasteiger partial charge in [-0.15, -0.1) is 0 Å². The van der Waals surface area contributed by atoms with Crippen molar-refractivity contribution >= 4 is 5.91 Å². The van der Waals surface area contributed by atoms with Crippen LogP contribution in [0.25, 0.3) is 0 Å². The molecule has 0 aromatic carbocycles. The number of hydrogen-bond donors (Lipinski definition) is 1. The lowest BCUT2D eigenvalue weighted by Crippen LogP contribution is -2.50. The third kappa shape index (κ3) is 2.09. The van der Waals surface area contributed by atoms with Gasteiger partial charge >= 0.3 is 0 Å². The standard InChI is InChI=1S/C12H22N2O2/c1-3-14-10-5-4-9(8-10)11(14)12(15)13-6-7-16-2/h9-11H,3-8H2,1-2H3,(H,13,15). The molecule has 0 aromatic rings. The monoisotopic (exact) mass is 226 g/mol. The fraction of sp³-hybridized carbons (Fsp3) is 0.917. The van der Waals surface area contributed by atoms with Gasteiger partial charge in [-0.2, -0.15) is 0 Å². The highest BCUT2D eigenvalue weighted by atomic mass is 16.5. The van der Waals surface area contributed by atoms with Crippen molar-refractivity contribution in [3.63, 3.8) is 0 Å². The zero-order chi connectivity index (χ0) is 11.5. The van der Waals surface area contributed by atoms with Crippen molar-refractivity contribution in [3.8, 4) is 0 Å². The lowest BCUT2D eigenvalue weighted by molar-refractivity contribution is -0.128. The summed E-state index contributed by atoms with van der Waals surface area (Å²) >= 11 is 0. The Labute approximate surface area is 97.3 Å². The van der Waals surface area contributed by atoms with E-state index in [9.17, 15) is 4.79 Å². The van der Waals surface area contributed by atoms with Crippen molar-refractivity contribution in [1.29, 1.82) is 0 Å². The van der Waals surface area contributed by atoms with Crippen LogP contribution in [0.2, 0.25) is 0 Å². The fourth-order valence-electron chi connectivity index (χ4n) is 3.28. The number of nitrogens with one attached hydrogen (secondary N) is 1. The molecular formula is C12H22N2O2. The summed E-state index contributed by atoms with van der Waals surface area (Å²) in [5, 5.41) is 2.97. The lowest BCUT2D eigenvalue weighted by Gasteiger charge is -2.33. The number of carbonyl (C=O) groups excluding carboxylic acids is 1. The third-order valence-electron chi connectivity index (χ3n) is 3.96. The Morgan fingerprint density at radius 1 is 1.50 bits per heavy atom. The fourth-order valence-corrected chi connectivity index (χ4v) is 3.28. The molecule has 1 amide bonds. The Morgan fingerprint density at radius 3 is 3.00 bits per heavy atom. The molecule has 2 aliphatic rings. The van der Waals surface area contributed by atoms with Gasteiger partial charge in [-0.3, -0.25) is 9.69 Å². The minimum Gasteiger partial charge on any atom is -0.383 e. The van der Waals surface area contributed by atoms with E-state index in [2.05, 4.69) is 17.1 Å². The first-order chi connectivity index (χ1) is 7.77. The van der Waals surface area contributed by atoms with Gasteiger partial charge < -0.3 is 10.1 Å². The molecular weight excluding hydrogens is 204 g/mol. The molecule has 2 rings (SSSR count). The van der Waals surface area contributed by atoms with E-state index in [0.29, 0.717) is 25.1 Å². The summed E-state index contributed by atoms with van der Waals surface area (Å²) in [4.78, 5) is 14.4. The number of fused-ring (bicyclic) bond motifs is 2. The normalized spacial score (nSPS) is 33.2. The van der Waals surface area contributed by atoms with Crippen molar-refractivity contribution in [2.24, 2.45) is 5.92 Å². The van der Waals surface area contributed by atoms with Crippen LogP contribution in [0.1, 0.15) is 26.2 Å². The summed E-state index contributed by atoms with van der Waals surface area (Å²) in [6, 6.07) is 0.786. The van der Waals surface area contributed by atoms with Gasteiger partial charge in [0.1, 0.15) is 0 Å². The van der Waals surface area contributed by atoms with Gasteiger partial charge in [0.2, 0.25) is 5.91 Å². The number of methoxy groups -OCH3 is 1. The molecule has 4 heteroatoms. The van der Waals surface area contributed by atoms with E-state index in [1.807, 2.05) is 0 Å². The molecule has 1 saturated heterocycles. The number of rotatable bonds is 5. The number of nitrogens with zero attached hydrogens (tertiary/aromatic N) is 1. The Bertz CT molecular complexity index is 257. The largest absolute Gasteiger partial charge is 0.383 e. The first kappa shape index (κ1) is 11.9. The average molecular weight is 226 g/mol. The molecule has 1 saturated carbocycles. The quantitative estimate of drug-likeness (QED) is 0.699. The molecule has 16 heavy (non-hydrogen) atoms. The number of amides is 1. The van der Waals surface area contributed by atoms with Gasteiger partial charge in [-0.25, -0.2) is 0 Å². The molecule has 1 N–H and O–H groups in total. The number of piperidine rings is 1. The predicted molar refractivity (Wildman–Crippen MR) is 62.2 cm³/mol. The van der Waals surface area contributed by atoms with Gasteiger partial charge in [0.25, 0.3) is 0 Å². The van der Waals surface area contributed by atoms with E-state index >= 15 is 0 Å². The minimum atomic E-state index is 0.126. The van der Waals surface area contributed by atoms with Gasteiger partial charge in [0.05, 0.1) is 12.6 Å². The van der Waals surface area contributed by atoms with E-state index in [1.165, 1.54) is 19.3 Å². The summed E-state index contributed by atoms with van der Waals surface area (Å²) in [5.74, 6) is 0.790. The Balaban J connectivity index is 1.89. The Hall–Kier alpha value is -0.610. The topological polar surface area (TPSA) is 41.6 Å². The minimum absolute atomic E-state index is 0.126. The second-order valence-electron chi connectivity index (χ2n) is 4.79. The van der Waals surface area contributed by atoms with E-state index in [4.69, 9.17) is 4.74 Å². The van der Waals surface area contributed by atoms with Crippen LogP contribution >= 0.6 is 0 Å². The SMILES string of the molecule is CCN1C2CCC(C2)C1C(=O)NCCOC. The van der Waals surface area contributed by atoms with Crippen molar-refractivity contribution in [2.75, 3.05) is 26.8 Å². The van der Waals surface area contributed by atoms with Crippen molar-refractivity contribution in [3.05, 3.63) is 0 Å². The summed E-state index contributed by atoms with van der Waals surface area (Å²) in [5.41, 5.74) is 0. The van der Waals surface area contributed by atoms with Gasteiger partial charge in [0, 0.05) is 19.7 Å². The van der Waals surface area contributed by atoms with Crippen LogP contribution in [-0.2, 0) is 9.53 Å². The molecule has 92 valence electrons. The van der Waals surface area contributed by atoms with E-state index < -0.39 is 0 Å². The number of ether oxygens (including phenoxy) is 1. The Morgan fingerprint density at radius 2 is 2.31 bits per heavy atom. The summed E-state index contributed by atoms with van der Waals surface area (Å²) in [7, 11) is 1.65. The molecule has 4 nitrogen and oxygen atoms in total. The molecule has 0 aromatic heterocycles. The molecule has 1 heterocycles. The molecule has 2 fully saturated rings. The van der Waals surface area contributed by atoms with Crippen LogP contribution in [0.15, 0.2) is 0 Å². The van der Waals surface area contributed by atoms with Crippen LogP contribution in [0, 0.1) is 5.92 Å². The number of likely N-dealkylation sites (tertiary alicyclic amines) is 1. The molecule has 1 aliphatic carbocycles. The maximum Gasteiger partial charge on any atom is 0.237 e. The Kier molecular flexibility index (Phi) is 3.82. The molecule has 0 spiro atoms. The second-order valence-corrected chi connectivity index (χ2v) is 4.79. The van der Waals surface area contributed by atoms with Crippen LogP contribution in [0.3, 0.4) is 0 Å². The van der Waals surface area contributed by atoms with E-state index in [-0.39, 0.29) is 11.9 Å². The molecule has 3 unspecified atom stereocenters. The highest BCUT2D eigenvalue weighted by molar-refractivity contribution is 5.82. The summed E-state index contributed by atoms with van der Waals surface area (Å²) < 4.78 is 4.94. The van der Waals surface area contributed by atoms with Crippen LogP contribution < -0.4 is 5.32 Å². The molecule has 3 atom stereocenters. The lowest BCUT2D eigenvalue weighted by atomic mass is 9.98. The van der Waals surface area contributed by atoms with Crippen LogP contribution in [-0.4, -0.2) is 49.7 Å². The number of carbonyl (C=O) groups is 1. The molecule has 2 bridgehead atoms. The van der Waals surface area contributed by atoms with Gasteiger partial charge in [-0.05, 0) is 31.7 Å². The van der Waals surface area contributed by atoms with E-state index in [1.54, 1.807) is 7.11 Å². The molecule has 1 aliphatic heterocycles. The zero-order valence-electron chi connectivity index (χ0n) is 10.2. The number of hydrogen-bond acceptors (Lipinski definition) is 3. The second kappa shape index (κ2) is 5.15. The number of likely N-dealkylation sites (N-methyl/N-ethyl adjacent to an activating group) is 1. The maximum atomic E-state index is 12.1. The molecule has 0 radical (unpaired) electrons. The average Bonchev–Trinajstić information content (AvgIpc) is 2.88. The third-order valence-corrected chi connectivity index (χ3v) is 3.96. The maximum absolute atomic E-state index is 12.1. The van der Waals surface area contributed by atoms with Crippen molar-refractivity contribution < 1.29 is 9.53 Å². The van der Waals surface area contributed by atoms with Gasteiger partial charge in [-0.1, -0.05) is 6.92 Å². The van der Waals surface area contributed by atoms with Crippen LogP contribution in [0.5, 0.6) is 0 Å².